The minimum absolute atomic E-state index is 0.0215. The van der Waals surface area contributed by atoms with Crippen LogP contribution in [0.3, 0.4) is 0 Å². The van der Waals surface area contributed by atoms with Gasteiger partial charge in [-0.3, -0.25) is 14.4 Å². The van der Waals surface area contributed by atoms with E-state index in [9.17, 15) is 14.4 Å². The van der Waals surface area contributed by atoms with E-state index in [1.165, 1.54) is 16.8 Å². The smallest absolute Gasteiger partial charge is 0.272 e. The summed E-state index contributed by atoms with van der Waals surface area (Å²) in [5.74, 6) is 0.192. The Balaban J connectivity index is 1.72. The molecule has 166 valence electrons. The summed E-state index contributed by atoms with van der Waals surface area (Å²) in [6.07, 6.45) is 3.44. The summed E-state index contributed by atoms with van der Waals surface area (Å²) in [5, 5.41) is 7.16. The van der Waals surface area contributed by atoms with Gasteiger partial charge in [0, 0.05) is 31.3 Å². The van der Waals surface area contributed by atoms with Crippen LogP contribution in [0.5, 0.6) is 5.75 Å². The van der Waals surface area contributed by atoms with Crippen molar-refractivity contribution in [3.63, 3.8) is 0 Å². The zero-order valence-corrected chi connectivity index (χ0v) is 18.2. The second-order valence-corrected chi connectivity index (χ2v) is 7.63. The fraction of sp³-hybridized carbons (Fsp3) is 0.478. The number of likely N-dealkylation sites (tertiary alicyclic amines) is 1. The first kappa shape index (κ1) is 22.5. The molecule has 1 aliphatic rings. The fourth-order valence-corrected chi connectivity index (χ4v) is 3.67. The van der Waals surface area contributed by atoms with Gasteiger partial charge in [-0.05, 0) is 37.8 Å². The maximum atomic E-state index is 12.8. The lowest BCUT2D eigenvalue weighted by molar-refractivity contribution is -0.132. The Kier molecular flexibility index (Phi) is 7.81. The van der Waals surface area contributed by atoms with Gasteiger partial charge >= 0.3 is 0 Å². The van der Waals surface area contributed by atoms with E-state index in [2.05, 4.69) is 10.4 Å². The monoisotopic (exact) mass is 426 g/mol. The van der Waals surface area contributed by atoms with Gasteiger partial charge in [0.05, 0.1) is 6.04 Å². The number of nitrogens with zero attached hydrogens (tertiary/aromatic N) is 3. The number of ether oxygens (including phenoxy) is 1. The molecule has 2 heterocycles. The Morgan fingerprint density at radius 2 is 1.87 bits per heavy atom. The first-order chi connectivity index (χ1) is 15.0. The Bertz CT molecular complexity index is 966. The largest absolute Gasteiger partial charge is 0.483 e. The molecule has 31 heavy (non-hydrogen) atoms. The van der Waals surface area contributed by atoms with E-state index in [1.54, 1.807) is 6.07 Å². The van der Waals surface area contributed by atoms with Gasteiger partial charge in [0.15, 0.2) is 6.61 Å². The lowest BCUT2D eigenvalue weighted by Gasteiger charge is -2.21. The molecule has 1 unspecified atom stereocenters. The Hall–Kier alpha value is -3.16. The van der Waals surface area contributed by atoms with E-state index >= 15 is 0 Å². The maximum absolute atomic E-state index is 12.8. The summed E-state index contributed by atoms with van der Waals surface area (Å²) in [6.45, 7) is 5.90. The predicted octanol–water partition coefficient (Wildman–Crippen LogP) is 2.54. The van der Waals surface area contributed by atoms with Gasteiger partial charge in [-0.1, -0.05) is 32.0 Å². The lowest BCUT2D eigenvalue weighted by atomic mass is 10.0. The number of aryl methyl sites for hydroxylation is 1. The molecule has 1 saturated heterocycles. The quantitative estimate of drug-likeness (QED) is 0.665. The number of rotatable bonds is 9. The molecule has 1 aromatic carbocycles. The van der Waals surface area contributed by atoms with E-state index in [1.807, 2.05) is 36.9 Å². The molecule has 2 aromatic rings. The molecule has 1 fully saturated rings. The number of carbonyl (C=O) groups is 2. The van der Waals surface area contributed by atoms with E-state index in [0.717, 1.165) is 37.9 Å². The number of para-hydroxylation sites is 1. The third-order valence-corrected chi connectivity index (χ3v) is 5.35. The standard InChI is InChI=1S/C23H30N4O4/c1-3-13-27-21(28)12-11-19(25-27)23(30)24-18(4-2)17-9-5-6-10-20(17)31-16-22(29)26-14-7-8-15-26/h5-6,9-12,18H,3-4,7-8,13-16H2,1-2H3,(H,24,30). The van der Waals surface area contributed by atoms with Gasteiger partial charge in [-0.15, -0.1) is 0 Å². The molecule has 1 atom stereocenters. The predicted molar refractivity (Wildman–Crippen MR) is 117 cm³/mol. The third kappa shape index (κ3) is 5.71. The van der Waals surface area contributed by atoms with Crippen LogP contribution in [0.1, 0.15) is 61.6 Å². The van der Waals surface area contributed by atoms with E-state index < -0.39 is 0 Å². The van der Waals surface area contributed by atoms with Gasteiger partial charge in [0.2, 0.25) is 0 Å². The van der Waals surface area contributed by atoms with Gasteiger partial charge < -0.3 is 15.0 Å². The van der Waals surface area contributed by atoms with Crippen molar-refractivity contribution in [3.8, 4) is 5.75 Å². The number of hydrogen-bond donors (Lipinski definition) is 1. The molecule has 0 spiro atoms. The van der Waals surface area contributed by atoms with E-state index in [4.69, 9.17) is 4.74 Å². The Morgan fingerprint density at radius 3 is 2.58 bits per heavy atom. The average molecular weight is 427 g/mol. The molecule has 0 bridgehead atoms. The number of aromatic nitrogens is 2. The molecule has 8 nitrogen and oxygen atoms in total. The van der Waals surface area contributed by atoms with Gasteiger partial charge in [0.1, 0.15) is 11.4 Å². The highest BCUT2D eigenvalue weighted by Crippen LogP contribution is 2.27. The molecule has 0 saturated carbocycles. The van der Waals surface area contributed by atoms with Crippen LogP contribution in [-0.4, -0.2) is 46.2 Å². The maximum Gasteiger partial charge on any atom is 0.272 e. The highest BCUT2D eigenvalue weighted by Gasteiger charge is 2.21. The van der Waals surface area contributed by atoms with Crippen LogP contribution in [0.2, 0.25) is 0 Å². The van der Waals surface area contributed by atoms with Crippen molar-refractivity contribution < 1.29 is 14.3 Å². The Labute approximate surface area is 182 Å². The van der Waals surface area contributed by atoms with Crippen molar-refractivity contribution in [1.29, 1.82) is 0 Å². The third-order valence-electron chi connectivity index (χ3n) is 5.35. The summed E-state index contributed by atoms with van der Waals surface area (Å²) < 4.78 is 7.15. The average Bonchev–Trinajstić information content (AvgIpc) is 3.33. The van der Waals surface area contributed by atoms with Gasteiger partial charge in [-0.2, -0.15) is 5.10 Å². The van der Waals surface area contributed by atoms with Crippen LogP contribution < -0.4 is 15.6 Å². The molecule has 1 aromatic heterocycles. The van der Waals surface area contributed by atoms with Crippen LogP contribution in [0, 0.1) is 0 Å². The van der Waals surface area contributed by atoms with Crippen molar-refractivity contribution in [3.05, 3.63) is 58.0 Å². The van der Waals surface area contributed by atoms with Gasteiger partial charge in [0.25, 0.3) is 17.4 Å². The summed E-state index contributed by atoms with van der Waals surface area (Å²) in [6, 6.07) is 9.89. The molecule has 1 aliphatic heterocycles. The highest BCUT2D eigenvalue weighted by molar-refractivity contribution is 5.92. The summed E-state index contributed by atoms with van der Waals surface area (Å²) in [5.41, 5.74) is 0.760. The van der Waals surface area contributed by atoms with Crippen LogP contribution >= 0.6 is 0 Å². The van der Waals surface area contributed by atoms with Crippen LogP contribution in [0.15, 0.2) is 41.2 Å². The van der Waals surface area contributed by atoms with Crippen molar-refractivity contribution >= 4 is 11.8 Å². The van der Waals surface area contributed by atoms with Crippen molar-refractivity contribution in [2.45, 2.75) is 52.1 Å². The number of nitrogens with one attached hydrogen (secondary N) is 1. The van der Waals surface area contributed by atoms with Crippen LogP contribution in [0.4, 0.5) is 0 Å². The van der Waals surface area contributed by atoms with Crippen molar-refractivity contribution in [1.82, 2.24) is 20.0 Å². The van der Waals surface area contributed by atoms with Crippen molar-refractivity contribution in [2.24, 2.45) is 0 Å². The lowest BCUT2D eigenvalue weighted by Crippen LogP contribution is -2.33. The molecular formula is C23H30N4O4. The summed E-state index contributed by atoms with van der Waals surface area (Å²) >= 11 is 0. The minimum atomic E-state index is -0.361. The molecule has 0 radical (unpaired) electrons. The van der Waals surface area contributed by atoms with Crippen LogP contribution in [0.25, 0.3) is 0 Å². The molecule has 3 rings (SSSR count). The van der Waals surface area contributed by atoms with Crippen LogP contribution in [-0.2, 0) is 11.3 Å². The molecular weight excluding hydrogens is 396 g/mol. The molecule has 0 aliphatic carbocycles. The second kappa shape index (κ2) is 10.7. The zero-order valence-electron chi connectivity index (χ0n) is 18.2. The normalized spacial score (nSPS) is 14.3. The van der Waals surface area contributed by atoms with E-state index in [-0.39, 0.29) is 35.7 Å². The summed E-state index contributed by atoms with van der Waals surface area (Å²) in [7, 11) is 0. The van der Waals surface area contributed by atoms with Crippen molar-refractivity contribution in [2.75, 3.05) is 19.7 Å². The first-order valence-corrected chi connectivity index (χ1v) is 10.9. The molecule has 1 N–H and O–H groups in total. The summed E-state index contributed by atoms with van der Waals surface area (Å²) in [4.78, 5) is 38.8. The second-order valence-electron chi connectivity index (χ2n) is 7.63. The van der Waals surface area contributed by atoms with E-state index in [0.29, 0.717) is 18.7 Å². The number of benzene rings is 1. The molecule has 8 heteroatoms. The first-order valence-electron chi connectivity index (χ1n) is 10.9. The van der Waals surface area contributed by atoms with Gasteiger partial charge in [-0.25, -0.2) is 4.68 Å². The zero-order chi connectivity index (χ0) is 22.2. The SMILES string of the molecule is CCCn1nc(C(=O)NC(CC)c2ccccc2OCC(=O)N2CCCC2)ccc1=O. The number of amides is 2. The topological polar surface area (TPSA) is 93.5 Å². The number of hydrogen-bond acceptors (Lipinski definition) is 5. The molecule has 2 amide bonds. The number of carbonyl (C=O) groups excluding carboxylic acids is 2. The minimum Gasteiger partial charge on any atom is -0.483 e. The fourth-order valence-electron chi connectivity index (χ4n) is 3.67. The Morgan fingerprint density at radius 1 is 1.13 bits per heavy atom. The highest BCUT2D eigenvalue weighted by atomic mass is 16.5.